The Kier molecular flexibility index (Phi) is 5.02. The average molecular weight is 319 g/mol. The quantitative estimate of drug-likeness (QED) is 0.698. The minimum atomic E-state index is -0.309. The number of hydrogen-bond donors (Lipinski definition) is 1. The second kappa shape index (κ2) is 7.55. The summed E-state index contributed by atoms with van der Waals surface area (Å²) in [4.78, 5) is 12.1. The molecule has 0 spiro atoms. The van der Waals surface area contributed by atoms with E-state index in [0.29, 0.717) is 12.0 Å². The molecule has 0 aliphatic heterocycles. The van der Waals surface area contributed by atoms with Crippen molar-refractivity contribution in [3.63, 3.8) is 0 Å². The number of anilines is 2. The Labute approximate surface area is 141 Å². The number of rotatable bonds is 6. The summed E-state index contributed by atoms with van der Waals surface area (Å²) in [6.45, 7) is 0. The summed E-state index contributed by atoms with van der Waals surface area (Å²) in [6, 6.07) is 23.9. The summed E-state index contributed by atoms with van der Waals surface area (Å²) in [5, 5.41) is 3.30. The SMILES string of the molecule is O=C(Cc1ccc(Nc2ccccc2)cc1)Cc1cccc(F)c1. The predicted molar refractivity (Wildman–Crippen MR) is 95.0 cm³/mol. The van der Waals surface area contributed by atoms with Gasteiger partial charge in [0.05, 0.1) is 0 Å². The monoisotopic (exact) mass is 319 g/mol. The molecule has 0 bridgehead atoms. The van der Waals surface area contributed by atoms with Crippen molar-refractivity contribution in [3.05, 3.63) is 95.8 Å². The molecule has 1 N–H and O–H groups in total. The van der Waals surface area contributed by atoms with Crippen molar-refractivity contribution in [1.29, 1.82) is 0 Å². The number of ketones is 1. The van der Waals surface area contributed by atoms with E-state index in [-0.39, 0.29) is 18.0 Å². The molecule has 0 atom stereocenters. The lowest BCUT2D eigenvalue weighted by Crippen LogP contribution is -2.06. The molecule has 120 valence electrons. The Morgan fingerprint density at radius 1 is 0.750 bits per heavy atom. The Balaban J connectivity index is 1.58. The highest BCUT2D eigenvalue weighted by atomic mass is 19.1. The molecule has 0 saturated carbocycles. The van der Waals surface area contributed by atoms with Gasteiger partial charge < -0.3 is 5.32 Å². The van der Waals surface area contributed by atoms with Gasteiger partial charge in [-0.05, 0) is 47.5 Å². The van der Waals surface area contributed by atoms with Crippen molar-refractivity contribution in [2.75, 3.05) is 5.32 Å². The molecule has 3 heteroatoms. The topological polar surface area (TPSA) is 29.1 Å². The van der Waals surface area contributed by atoms with Crippen LogP contribution in [0.5, 0.6) is 0 Å². The minimum absolute atomic E-state index is 0.0735. The summed E-state index contributed by atoms with van der Waals surface area (Å²) in [5.74, 6) is -0.235. The van der Waals surface area contributed by atoms with Gasteiger partial charge >= 0.3 is 0 Å². The third-order valence-corrected chi connectivity index (χ3v) is 3.71. The van der Waals surface area contributed by atoms with E-state index >= 15 is 0 Å². The highest BCUT2D eigenvalue weighted by molar-refractivity contribution is 5.83. The van der Waals surface area contributed by atoms with Gasteiger partial charge in [-0.3, -0.25) is 4.79 Å². The summed E-state index contributed by atoms with van der Waals surface area (Å²) in [6.07, 6.45) is 0.601. The fourth-order valence-corrected chi connectivity index (χ4v) is 2.56. The van der Waals surface area contributed by atoms with Crippen LogP contribution in [0.4, 0.5) is 15.8 Å². The average Bonchev–Trinajstić information content (AvgIpc) is 2.57. The smallest absolute Gasteiger partial charge is 0.141 e. The van der Waals surface area contributed by atoms with Gasteiger partial charge in [0.25, 0.3) is 0 Å². The van der Waals surface area contributed by atoms with E-state index in [2.05, 4.69) is 5.32 Å². The summed E-state index contributed by atoms with van der Waals surface area (Å²) >= 11 is 0. The second-order valence-corrected chi connectivity index (χ2v) is 5.71. The Morgan fingerprint density at radius 2 is 1.42 bits per heavy atom. The second-order valence-electron chi connectivity index (χ2n) is 5.71. The minimum Gasteiger partial charge on any atom is -0.356 e. The Bertz CT molecular complexity index is 813. The Morgan fingerprint density at radius 3 is 2.12 bits per heavy atom. The number of hydrogen-bond acceptors (Lipinski definition) is 2. The van der Waals surface area contributed by atoms with Gasteiger partial charge in [-0.25, -0.2) is 4.39 Å². The molecule has 0 amide bonds. The van der Waals surface area contributed by atoms with E-state index in [1.54, 1.807) is 12.1 Å². The number of para-hydroxylation sites is 1. The molecule has 3 rings (SSSR count). The van der Waals surface area contributed by atoms with Crippen LogP contribution in [-0.4, -0.2) is 5.78 Å². The fourth-order valence-electron chi connectivity index (χ4n) is 2.56. The van der Waals surface area contributed by atoms with E-state index in [1.807, 2.05) is 54.6 Å². The number of Topliss-reactive ketones (excluding diaryl/α,β-unsaturated/α-hetero) is 1. The van der Waals surface area contributed by atoms with E-state index in [0.717, 1.165) is 16.9 Å². The molecule has 24 heavy (non-hydrogen) atoms. The van der Waals surface area contributed by atoms with Crippen molar-refractivity contribution in [2.24, 2.45) is 0 Å². The molecule has 0 heterocycles. The molecule has 3 aromatic rings. The van der Waals surface area contributed by atoms with Gasteiger partial charge in [0.1, 0.15) is 11.6 Å². The number of benzene rings is 3. The number of carbonyl (C=O) groups is 1. The van der Waals surface area contributed by atoms with Gasteiger partial charge in [0.2, 0.25) is 0 Å². The third-order valence-electron chi connectivity index (χ3n) is 3.71. The standard InChI is InChI=1S/C21H18FNO/c22-18-6-4-5-17(13-18)15-21(24)14-16-9-11-20(12-10-16)23-19-7-2-1-3-8-19/h1-13,23H,14-15H2. The van der Waals surface area contributed by atoms with Crippen molar-refractivity contribution >= 4 is 17.2 Å². The van der Waals surface area contributed by atoms with Crippen LogP contribution in [0.15, 0.2) is 78.9 Å². The molecular weight excluding hydrogens is 301 g/mol. The number of nitrogens with one attached hydrogen (secondary N) is 1. The zero-order chi connectivity index (χ0) is 16.8. The molecule has 0 saturated heterocycles. The highest BCUT2D eigenvalue weighted by Gasteiger charge is 2.06. The lowest BCUT2D eigenvalue weighted by atomic mass is 10.0. The van der Waals surface area contributed by atoms with Crippen LogP contribution in [0.2, 0.25) is 0 Å². The maximum Gasteiger partial charge on any atom is 0.141 e. The van der Waals surface area contributed by atoms with E-state index in [9.17, 15) is 9.18 Å². The first-order chi connectivity index (χ1) is 11.7. The van der Waals surface area contributed by atoms with E-state index in [1.165, 1.54) is 12.1 Å². The lowest BCUT2D eigenvalue weighted by molar-refractivity contribution is -0.117. The number of halogens is 1. The largest absolute Gasteiger partial charge is 0.356 e. The normalized spacial score (nSPS) is 10.4. The predicted octanol–water partition coefficient (Wildman–Crippen LogP) is 4.92. The van der Waals surface area contributed by atoms with E-state index in [4.69, 9.17) is 0 Å². The van der Waals surface area contributed by atoms with Crippen molar-refractivity contribution < 1.29 is 9.18 Å². The van der Waals surface area contributed by atoms with Crippen LogP contribution < -0.4 is 5.32 Å². The molecular formula is C21H18FNO. The molecule has 2 nitrogen and oxygen atoms in total. The lowest BCUT2D eigenvalue weighted by Gasteiger charge is -2.07. The van der Waals surface area contributed by atoms with Crippen molar-refractivity contribution in [1.82, 2.24) is 0 Å². The van der Waals surface area contributed by atoms with E-state index < -0.39 is 0 Å². The van der Waals surface area contributed by atoms with Crippen molar-refractivity contribution in [3.8, 4) is 0 Å². The van der Waals surface area contributed by atoms with Crippen LogP contribution in [0.25, 0.3) is 0 Å². The molecule has 0 aliphatic carbocycles. The highest BCUT2D eigenvalue weighted by Crippen LogP contribution is 2.17. The number of carbonyl (C=O) groups excluding carboxylic acids is 1. The molecule has 0 unspecified atom stereocenters. The third kappa shape index (κ3) is 4.53. The Hall–Kier alpha value is -2.94. The van der Waals surface area contributed by atoms with Crippen LogP contribution in [0.1, 0.15) is 11.1 Å². The molecule has 0 radical (unpaired) electrons. The van der Waals surface area contributed by atoms with Crippen molar-refractivity contribution in [2.45, 2.75) is 12.8 Å². The molecule has 0 aromatic heterocycles. The van der Waals surface area contributed by atoms with Gasteiger partial charge in [0.15, 0.2) is 0 Å². The zero-order valence-corrected chi connectivity index (χ0v) is 13.2. The molecule has 0 aliphatic rings. The molecule has 0 fully saturated rings. The van der Waals surface area contributed by atoms with Crippen LogP contribution in [0, 0.1) is 5.82 Å². The molecule has 3 aromatic carbocycles. The van der Waals surface area contributed by atoms with Crippen LogP contribution >= 0.6 is 0 Å². The summed E-state index contributed by atoms with van der Waals surface area (Å²) in [5.41, 5.74) is 3.66. The maximum atomic E-state index is 13.1. The maximum absolute atomic E-state index is 13.1. The zero-order valence-electron chi connectivity index (χ0n) is 13.2. The fraction of sp³-hybridized carbons (Fsp3) is 0.0952. The van der Waals surface area contributed by atoms with Gasteiger partial charge in [-0.1, -0.05) is 42.5 Å². The first kappa shape index (κ1) is 15.9. The van der Waals surface area contributed by atoms with Crippen LogP contribution in [-0.2, 0) is 17.6 Å². The first-order valence-electron chi connectivity index (χ1n) is 7.86. The summed E-state index contributed by atoms with van der Waals surface area (Å²) in [7, 11) is 0. The van der Waals surface area contributed by atoms with Gasteiger partial charge in [-0.15, -0.1) is 0 Å². The van der Waals surface area contributed by atoms with Crippen LogP contribution in [0.3, 0.4) is 0 Å². The van der Waals surface area contributed by atoms with Gasteiger partial charge in [-0.2, -0.15) is 0 Å². The first-order valence-corrected chi connectivity index (χ1v) is 7.86. The summed E-state index contributed by atoms with van der Waals surface area (Å²) < 4.78 is 13.1. The van der Waals surface area contributed by atoms with Gasteiger partial charge in [0, 0.05) is 24.2 Å².